The molecule has 0 aliphatic heterocycles. The van der Waals surface area contributed by atoms with Crippen LogP contribution < -0.4 is 4.74 Å². The maximum atomic E-state index is 6.81. The van der Waals surface area contributed by atoms with Crippen molar-refractivity contribution in [2.75, 3.05) is 7.11 Å². The van der Waals surface area contributed by atoms with Crippen molar-refractivity contribution in [3.63, 3.8) is 0 Å². The number of alkyl halides is 1. The smallest absolute Gasteiger partial charge is 0.119 e. The number of halogens is 1. The van der Waals surface area contributed by atoms with Gasteiger partial charge in [-0.1, -0.05) is 31.0 Å². The zero-order chi connectivity index (χ0) is 14.4. The van der Waals surface area contributed by atoms with E-state index in [2.05, 4.69) is 30.3 Å². The summed E-state index contributed by atoms with van der Waals surface area (Å²) in [5, 5.41) is 2.65. The van der Waals surface area contributed by atoms with Crippen LogP contribution in [0.15, 0.2) is 36.4 Å². The second-order valence-electron chi connectivity index (χ2n) is 6.56. The van der Waals surface area contributed by atoms with Gasteiger partial charge in [0.25, 0.3) is 0 Å². The van der Waals surface area contributed by atoms with E-state index in [0.717, 1.165) is 17.6 Å². The first-order valence-electron chi connectivity index (χ1n) is 8.00. The van der Waals surface area contributed by atoms with Crippen LogP contribution in [0.25, 0.3) is 10.8 Å². The Labute approximate surface area is 131 Å². The molecule has 0 saturated heterocycles. The molecule has 0 aromatic heterocycles. The third-order valence-corrected chi connectivity index (χ3v) is 5.99. The first-order chi connectivity index (χ1) is 10.3. The molecule has 2 aromatic carbocycles. The molecule has 2 aliphatic rings. The zero-order valence-electron chi connectivity index (χ0n) is 12.4. The topological polar surface area (TPSA) is 9.23 Å². The van der Waals surface area contributed by atoms with Crippen LogP contribution in [0.5, 0.6) is 5.75 Å². The van der Waals surface area contributed by atoms with Crippen molar-refractivity contribution in [1.29, 1.82) is 0 Å². The van der Waals surface area contributed by atoms with Crippen LogP contribution in [0.2, 0.25) is 0 Å². The molecule has 2 fully saturated rings. The number of hydrogen-bond acceptors (Lipinski definition) is 1. The Hall–Kier alpha value is -1.21. The van der Waals surface area contributed by atoms with E-state index in [4.69, 9.17) is 16.3 Å². The van der Waals surface area contributed by atoms with Gasteiger partial charge in [-0.3, -0.25) is 0 Å². The van der Waals surface area contributed by atoms with Crippen molar-refractivity contribution in [2.45, 2.75) is 31.1 Å². The standard InChI is InChI=1S/C19H21ClO/c1-21-15-9-8-12-10-14(7-6-13(12)11-15)19(20)18-16-4-2-3-5-17(16)18/h6-11,16-19H,2-5H2,1H3. The summed E-state index contributed by atoms with van der Waals surface area (Å²) in [6.07, 6.45) is 5.59. The maximum absolute atomic E-state index is 6.81. The van der Waals surface area contributed by atoms with Crippen LogP contribution in [0.1, 0.15) is 36.6 Å². The first-order valence-corrected chi connectivity index (χ1v) is 8.43. The monoisotopic (exact) mass is 300 g/mol. The summed E-state index contributed by atoms with van der Waals surface area (Å²) in [4.78, 5) is 0. The minimum Gasteiger partial charge on any atom is -0.497 e. The summed E-state index contributed by atoms with van der Waals surface area (Å²) in [5.41, 5.74) is 1.29. The highest BCUT2D eigenvalue weighted by Gasteiger charge is 2.53. The predicted molar refractivity (Wildman–Crippen MR) is 88.0 cm³/mol. The zero-order valence-corrected chi connectivity index (χ0v) is 13.1. The van der Waals surface area contributed by atoms with Crippen molar-refractivity contribution in [3.05, 3.63) is 42.0 Å². The third-order valence-electron chi connectivity index (χ3n) is 5.45. The fourth-order valence-electron chi connectivity index (χ4n) is 4.24. The largest absolute Gasteiger partial charge is 0.497 e. The minimum absolute atomic E-state index is 0.185. The second-order valence-corrected chi connectivity index (χ2v) is 7.03. The Morgan fingerprint density at radius 1 is 1.00 bits per heavy atom. The van der Waals surface area contributed by atoms with Crippen molar-refractivity contribution in [3.8, 4) is 5.75 Å². The minimum atomic E-state index is 0.185. The molecule has 2 saturated carbocycles. The number of rotatable bonds is 3. The van der Waals surface area contributed by atoms with Gasteiger partial charge in [-0.2, -0.15) is 0 Å². The highest BCUT2D eigenvalue weighted by Crippen LogP contribution is 2.62. The lowest BCUT2D eigenvalue weighted by Gasteiger charge is -2.11. The molecule has 0 amide bonds. The van der Waals surface area contributed by atoms with E-state index in [1.54, 1.807) is 7.11 Å². The van der Waals surface area contributed by atoms with E-state index >= 15 is 0 Å². The molecule has 3 atom stereocenters. The molecule has 0 heterocycles. The Morgan fingerprint density at radius 3 is 2.38 bits per heavy atom. The van der Waals surface area contributed by atoms with Crippen LogP contribution >= 0.6 is 11.6 Å². The SMILES string of the molecule is COc1ccc2cc(C(Cl)C3C4CCCCC43)ccc2c1. The van der Waals surface area contributed by atoms with E-state index in [9.17, 15) is 0 Å². The van der Waals surface area contributed by atoms with Crippen molar-refractivity contribution < 1.29 is 4.74 Å². The molecule has 2 aromatic rings. The second kappa shape index (κ2) is 5.21. The molecule has 0 spiro atoms. The molecule has 4 rings (SSSR count). The Morgan fingerprint density at radius 2 is 1.67 bits per heavy atom. The van der Waals surface area contributed by atoms with Crippen molar-refractivity contribution in [1.82, 2.24) is 0 Å². The molecule has 2 aliphatic carbocycles. The third kappa shape index (κ3) is 2.32. The molecule has 21 heavy (non-hydrogen) atoms. The molecule has 0 radical (unpaired) electrons. The van der Waals surface area contributed by atoms with E-state index in [1.807, 2.05) is 6.07 Å². The Balaban J connectivity index is 1.61. The number of hydrogen-bond donors (Lipinski definition) is 0. The van der Waals surface area contributed by atoms with Crippen LogP contribution in [-0.2, 0) is 0 Å². The van der Waals surface area contributed by atoms with E-state index in [1.165, 1.54) is 42.0 Å². The molecule has 1 nitrogen and oxygen atoms in total. The molecule has 3 unspecified atom stereocenters. The fraction of sp³-hybridized carbons (Fsp3) is 0.474. The summed E-state index contributed by atoms with van der Waals surface area (Å²) in [5.74, 6) is 3.41. The molecule has 2 heteroatoms. The van der Waals surface area contributed by atoms with Crippen LogP contribution in [-0.4, -0.2) is 7.11 Å². The molecule has 0 bridgehead atoms. The number of ether oxygens (including phenoxy) is 1. The molecular formula is C19H21ClO. The lowest BCUT2D eigenvalue weighted by atomic mass is 10.0. The van der Waals surface area contributed by atoms with Crippen molar-refractivity contribution in [2.24, 2.45) is 17.8 Å². The quantitative estimate of drug-likeness (QED) is 0.674. The first kappa shape index (κ1) is 13.5. The van der Waals surface area contributed by atoms with E-state index < -0.39 is 0 Å². The van der Waals surface area contributed by atoms with E-state index in [-0.39, 0.29) is 5.38 Å². The Bertz CT molecular complexity index is 654. The summed E-state index contributed by atoms with van der Waals surface area (Å²) >= 11 is 6.81. The maximum Gasteiger partial charge on any atom is 0.119 e. The van der Waals surface area contributed by atoms with Gasteiger partial charge in [0.1, 0.15) is 5.75 Å². The van der Waals surface area contributed by atoms with Crippen LogP contribution in [0, 0.1) is 17.8 Å². The van der Waals surface area contributed by atoms with E-state index in [0.29, 0.717) is 5.92 Å². The molecular weight excluding hydrogens is 280 g/mol. The molecule has 110 valence electrons. The Kier molecular flexibility index (Phi) is 3.34. The van der Waals surface area contributed by atoms with Gasteiger partial charge in [0.2, 0.25) is 0 Å². The van der Waals surface area contributed by atoms with Crippen LogP contribution in [0.4, 0.5) is 0 Å². The lowest BCUT2D eigenvalue weighted by Crippen LogP contribution is -1.96. The van der Waals surface area contributed by atoms with Gasteiger partial charge in [-0.25, -0.2) is 0 Å². The number of methoxy groups -OCH3 is 1. The fourth-order valence-corrected chi connectivity index (χ4v) is 4.75. The summed E-state index contributed by atoms with van der Waals surface area (Å²) in [6, 6.07) is 12.9. The summed E-state index contributed by atoms with van der Waals surface area (Å²) in [7, 11) is 1.71. The highest BCUT2D eigenvalue weighted by molar-refractivity contribution is 6.21. The van der Waals surface area contributed by atoms with Gasteiger partial charge >= 0.3 is 0 Å². The summed E-state index contributed by atoms with van der Waals surface area (Å²) < 4.78 is 5.29. The predicted octanol–water partition coefficient (Wildman–Crippen LogP) is 5.56. The average Bonchev–Trinajstić information content (AvgIpc) is 3.27. The highest BCUT2D eigenvalue weighted by atomic mass is 35.5. The normalized spacial score (nSPS) is 29.0. The van der Waals surface area contributed by atoms with Gasteiger partial charge in [-0.15, -0.1) is 11.6 Å². The summed E-state index contributed by atoms with van der Waals surface area (Å²) in [6.45, 7) is 0. The van der Waals surface area contributed by atoms with Gasteiger partial charge in [-0.05, 0) is 65.1 Å². The van der Waals surface area contributed by atoms with Gasteiger partial charge < -0.3 is 4.74 Å². The van der Waals surface area contributed by atoms with Gasteiger partial charge in [0.15, 0.2) is 0 Å². The average molecular weight is 301 g/mol. The van der Waals surface area contributed by atoms with Crippen molar-refractivity contribution >= 4 is 22.4 Å². The molecule has 0 N–H and O–H groups in total. The number of benzene rings is 2. The number of fused-ring (bicyclic) bond motifs is 2. The van der Waals surface area contributed by atoms with Gasteiger partial charge in [0, 0.05) is 0 Å². The van der Waals surface area contributed by atoms with Crippen LogP contribution in [0.3, 0.4) is 0 Å². The lowest BCUT2D eigenvalue weighted by molar-refractivity contribution is 0.415. The van der Waals surface area contributed by atoms with Gasteiger partial charge in [0.05, 0.1) is 12.5 Å².